The molecule has 0 aromatic heterocycles. The lowest BCUT2D eigenvalue weighted by molar-refractivity contribution is -0.379. The van der Waals surface area contributed by atoms with Crippen LogP contribution in [0.3, 0.4) is 0 Å². The highest BCUT2D eigenvalue weighted by Crippen LogP contribution is 2.33. The van der Waals surface area contributed by atoms with E-state index in [4.69, 9.17) is 28.4 Å². The number of hydrogen-bond acceptors (Lipinski definition) is 18. The molecule has 0 aromatic carbocycles. The molecule has 0 aliphatic carbocycles. The number of hydrogen-bond donors (Lipinski definition) is 12. The zero-order valence-corrected chi connectivity index (χ0v) is 41.0. The Morgan fingerprint density at radius 3 is 1.42 bits per heavy atom. The number of aliphatic hydroxyl groups is 11. The van der Waals surface area contributed by atoms with E-state index in [1.165, 1.54) is 83.5 Å². The number of carbonyl (C=O) groups excluding carboxylic acids is 1. The molecule has 19 heteroatoms. The van der Waals surface area contributed by atoms with Crippen molar-refractivity contribution in [1.29, 1.82) is 0 Å². The lowest BCUT2D eigenvalue weighted by Crippen LogP contribution is -2.66. The summed E-state index contributed by atoms with van der Waals surface area (Å²) in [4.78, 5) is 12.6. The molecule has 0 bridgehead atoms. The molecule has 0 spiro atoms. The van der Waals surface area contributed by atoms with Gasteiger partial charge < -0.3 is 89.9 Å². The molecule has 1 amide bonds. The van der Waals surface area contributed by atoms with Crippen molar-refractivity contribution < 1.29 is 89.4 Å². The number of unbranched alkanes of at least 4 members (excludes halogenated alkanes) is 15. The van der Waals surface area contributed by atoms with Crippen LogP contribution in [0.25, 0.3) is 0 Å². The van der Waals surface area contributed by atoms with Gasteiger partial charge in [-0.05, 0) is 44.9 Å². The summed E-state index contributed by atoms with van der Waals surface area (Å²) in [7, 11) is 0. The van der Waals surface area contributed by atoms with E-state index in [-0.39, 0.29) is 18.9 Å². The summed E-state index contributed by atoms with van der Waals surface area (Å²) in [5.74, 6) is -0.345. The first kappa shape index (κ1) is 61.3. The van der Waals surface area contributed by atoms with E-state index in [1.54, 1.807) is 12.2 Å². The van der Waals surface area contributed by atoms with Crippen LogP contribution in [0, 0.1) is 0 Å². The van der Waals surface area contributed by atoms with Crippen LogP contribution in [0.5, 0.6) is 0 Å². The van der Waals surface area contributed by atoms with Gasteiger partial charge in [0.2, 0.25) is 5.91 Å². The van der Waals surface area contributed by atoms with Gasteiger partial charge >= 0.3 is 0 Å². The van der Waals surface area contributed by atoms with E-state index in [9.17, 15) is 61.0 Å². The van der Waals surface area contributed by atoms with Gasteiger partial charge in [-0.15, -0.1) is 0 Å². The Hall–Kier alpha value is -1.99. The average molecular weight is 992 g/mol. The van der Waals surface area contributed by atoms with Gasteiger partial charge in [-0.1, -0.05) is 127 Å². The molecule has 0 radical (unpaired) electrons. The largest absolute Gasteiger partial charge is 0.394 e. The SMILES string of the molecule is CCCCCCCCCCCCCCC/C=C/CC/C=C/CC/C=C/C(O)C(COC1OC(CO)C(OC2OC(CO)C(OC3OC(CO)C(O)C(O)C3O)C(O)C2O)C(O)C1O)NC(=O)CCC. The van der Waals surface area contributed by atoms with Crippen molar-refractivity contribution >= 4 is 5.91 Å². The van der Waals surface area contributed by atoms with Gasteiger partial charge in [-0.3, -0.25) is 4.79 Å². The second-order valence-electron chi connectivity index (χ2n) is 18.6. The van der Waals surface area contributed by atoms with E-state index in [1.807, 2.05) is 6.92 Å². The van der Waals surface area contributed by atoms with Gasteiger partial charge in [-0.25, -0.2) is 0 Å². The molecule has 19 nitrogen and oxygen atoms in total. The van der Waals surface area contributed by atoms with E-state index >= 15 is 0 Å². The first-order valence-electron chi connectivity index (χ1n) is 25.7. The molecule has 3 aliphatic heterocycles. The van der Waals surface area contributed by atoms with Crippen molar-refractivity contribution in [1.82, 2.24) is 5.32 Å². The lowest BCUT2D eigenvalue weighted by Gasteiger charge is -2.48. The predicted molar refractivity (Wildman–Crippen MR) is 254 cm³/mol. The normalized spacial score (nSPS) is 33.1. The third-order valence-corrected chi connectivity index (χ3v) is 12.9. The molecular weight excluding hydrogens is 903 g/mol. The van der Waals surface area contributed by atoms with E-state index in [0.717, 1.165) is 25.7 Å². The summed E-state index contributed by atoms with van der Waals surface area (Å²) in [5.41, 5.74) is 0. The Labute approximate surface area is 409 Å². The van der Waals surface area contributed by atoms with Gasteiger partial charge in [0.15, 0.2) is 18.9 Å². The van der Waals surface area contributed by atoms with Crippen LogP contribution >= 0.6 is 0 Å². The molecule has 3 saturated heterocycles. The number of nitrogens with one attached hydrogen (secondary N) is 1. The molecule has 0 saturated carbocycles. The fraction of sp³-hybridized carbons (Fsp3) is 0.860. The number of ether oxygens (including phenoxy) is 6. The van der Waals surface area contributed by atoms with Gasteiger partial charge in [0, 0.05) is 6.42 Å². The maximum Gasteiger partial charge on any atom is 0.220 e. The molecule has 17 unspecified atom stereocenters. The molecule has 0 aromatic rings. The van der Waals surface area contributed by atoms with Gasteiger partial charge in [0.25, 0.3) is 0 Å². The van der Waals surface area contributed by atoms with Crippen molar-refractivity contribution in [2.24, 2.45) is 0 Å². The zero-order chi connectivity index (χ0) is 50.6. The number of amides is 1. The molecule has 12 N–H and O–H groups in total. The van der Waals surface area contributed by atoms with Crippen molar-refractivity contribution in [3.8, 4) is 0 Å². The monoisotopic (exact) mass is 992 g/mol. The summed E-state index contributed by atoms with van der Waals surface area (Å²) in [6.07, 6.45) is 7.98. The molecule has 3 fully saturated rings. The third-order valence-electron chi connectivity index (χ3n) is 12.9. The molecular formula is C50H89NO18. The van der Waals surface area contributed by atoms with Crippen LogP contribution in [0.15, 0.2) is 36.5 Å². The first-order valence-corrected chi connectivity index (χ1v) is 25.7. The number of carbonyl (C=O) groups is 1. The quantitative estimate of drug-likeness (QED) is 0.0318. The van der Waals surface area contributed by atoms with Crippen LogP contribution in [-0.4, -0.2) is 193 Å². The Bertz CT molecular complexity index is 1420. The standard InChI is InChI=1S/C50H89NO18/c1-3-5-6-7-8-9-10-11-12-13-14-15-16-17-18-19-20-21-22-23-24-25-26-28-34(55)33(51-38(56)27-4-2)32-64-48-44(62)41(59)46(36(30-53)66-48)69-50-45(63)42(60)47(37(31-54)67-50)68-49-43(61)40(58)39(57)35(29-52)65-49/h18-19,22-23,26,28,33-37,39-50,52-55,57-63H,3-17,20-21,24-25,27,29-32H2,1-2H3,(H,51,56)/b19-18+,23-22+,28-26+. The van der Waals surface area contributed by atoms with Gasteiger partial charge in [0.1, 0.15) is 73.2 Å². The number of allylic oxidation sites excluding steroid dienone is 5. The Kier molecular flexibility index (Phi) is 31.3. The summed E-state index contributed by atoms with van der Waals surface area (Å²) >= 11 is 0. The minimum Gasteiger partial charge on any atom is -0.394 e. The van der Waals surface area contributed by atoms with Crippen LogP contribution < -0.4 is 5.32 Å². The van der Waals surface area contributed by atoms with Gasteiger partial charge in [0.05, 0.1) is 38.6 Å². The third kappa shape index (κ3) is 21.2. The highest BCUT2D eigenvalue weighted by Gasteiger charge is 2.53. The minimum absolute atomic E-state index is 0.181. The fourth-order valence-corrected chi connectivity index (χ4v) is 8.62. The zero-order valence-electron chi connectivity index (χ0n) is 41.0. The van der Waals surface area contributed by atoms with E-state index in [2.05, 4.69) is 36.5 Å². The number of rotatable bonds is 35. The highest BCUT2D eigenvalue weighted by molar-refractivity contribution is 5.76. The number of aliphatic hydroxyl groups excluding tert-OH is 11. The smallest absolute Gasteiger partial charge is 0.220 e. The second-order valence-corrected chi connectivity index (χ2v) is 18.6. The van der Waals surface area contributed by atoms with Crippen LogP contribution in [-0.2, 0) is 33.2 Å². The van der Waals surface area contributed by atoms with Crippen molar-refractivity contribution in [3.63, 3.8) is 0 Å². The molecule has 17 atom stereocenters. The maximum absolute atomic E-state index is 12.6. The Morgan fingerprint density at radius 2 is 0.928 bits per heavy atom. The minimum atomic E-state index is -1.98. The highest BCUT2D eigenvalue weighted by atomic mass is 16.8. The van der Waals surface area contributed by atoms with E-state index in [0.29, 0.717) is 12.8 Å². The van der Waals surface area contributed by atoms with Crippen molar-refractivity contribution in [2.75, 3.05) is 26.4 Å². The van der Waals surface area contributed by atoms with Gasteiger partial charge in [-0.2, -0.15) is 0 Å². The van der Waals surface area contributed by atoms with E-state index < -0.39 is 124 Å². The first-order chi connectivity index (χ1) is 33.3. The summed E-state index contributed by atoms with van der Waals surface area (Å²) in [6.45, 7) is 1.28. The van der Waals surface area contributed by atoms with Crippen molar-refractivity contribution in [3.05, 3.63) is 36.5 Å². The Balaban J connectivity index is 1.42. The predicted octanol–water partition coefficient (Wildman–Crippen LogP) is 1.81. The van der Waals surface area contributed by atoms with Crippen LogP contribution in [0.4, 0.5) is 0 Å². The summed E-state index contributed by atoms with van der Waals surface area (Å²) in [6, 6.07) is -0.988. The second kappa shape index (κ2) is 35.2. The topological polar surface area (TPSA) is 307 Å². The summed E-state index contributed by atoms with van der Waals surface area (Å²) < 4.78 is 33.8. The molecule has 69 heavy (non-hydrogen) atoms. The summed E-state index contributed by atoms with van der Waals surface area (Å²) in [5, 5.41) is 119. The maximum atomic E-state index is 12.6. The molecule has 402 valence electrons. The van der Waals surface area contributed by atoms with Crippen LogP contribution in [0.2, 0.25) is 0 Å². The average Bonchev–Trinajstić information content (AvgIpc) is 3.34. The Morgan fingerprint density at radius 1 is 0.507 bits per heavy atom. The van der Waals surface area contributed by atoms with Crippen LogP contribution in [0.1, 0.15) is 142 Å². The molecule has 3 aliphatic rings. The molecule has 3 heterocycles. The van der Waals surface area contributed by atoms with Crippen molar-refractivity contribution in [2.45, 2.75) is 247 Å². The molecule has 3 rings (SSSR count). The fourth-order valence-electron chi connectivity index (χ4n) is 8.62. The lowest BCUT2D eigenvalue weighted by atomic mass is 9.96.